The van der Waals surface area contributed by atoms with Crippen molar-refractivity contribution in [3.05, 3.63) is 0 Å². The average molecular weight is 158 g/mol. The Bertz CT molecular complexity index is 34.2. The number of hydrogen-bond donors (Lipinski definition) is 0. The Kier molecular flexibility index (Phi) is 46.0. The summed E-state index contributed by atoms with van der Waals surface area (Å²) >= 11 is 0.250. The van der Waals surface area contributed by atoms with Crippen LogP contribution in [-0.2, 0) is 42.3 Å². The molecule has 0 amide bonds. The molecule has 0 atom stereocenters. The van der Waals surface area contributed by atoms with Gasteiger partial charge in [0.2, 0.25) is 0 Å². The molecule has 0 aliphatic heterocycles. The van der Waals surface area contributed by atoms with E-state index in [-0.39, 0.29) is 0 Å². The molecule has 0 spiro atoms. The summed E-state index contributed by atoms with van der Waals surface area (Å²) in [4.78, 5) is 0. The Morgan fingerprint density at radius 3 is 1.20 bits per heavy atom. The first-order valence-corrected chi connectivity index (χ1v) is 1.91. The number of rotatable bonds is 0. The van der Waals surface area contributed by atoms with Crippen LogP contribution in [0, 0.1) is 0 Å². The molecule has 5 heavy (non-hydrogen) atoms. The van der Waals surface area contributed by atoms with Crippen LogP contribution in [0.25, 0.3) is 0 Å². The van der Waals surface area contributed by atoms with Gasteiger partial charge in [-0.3, -0.25) is 0 Å². The zero-order valence-electron chi connectivity index (χ0n) is 1.98. The maximum atomic E-state index is 8.41. The van der Waals surface area contributed by atoms with Crippen molar-refractivity contribution >= 4 is 0 Å². The van der Waals surface area contributed by atoms with E-state index in [1.54, 1.807) is 15.9 Å². The summed E-state index contributed by atoms with van der Waals surface area (Å²) in [6.45, 7) is 0. The second-order valence-electron chi connectivity index (χ2n) is 0.0630. The molecule has 0 aliphatic carbocycles. The van der Waals surface area contributed by atoms with Gasteiger partial charge in [0.25, 0.3) is 0 Å². The predicted octanol–water partition coefficient (Wildman–Crippen LogP) is -0.361. The molecule has 0 rings (SSSR count). The van der Waals surface area contributed by atoms with E-state index in [1.165, 1.54) is 0 Å². The Morgan fingerprint density at radius 2 is 1.20 bits per heavy atom. The van der Waals surface area contributed by atoms with Gasteiger partial charge in [0.05, 0.1) is 0 Å². The summed E-state index contributed by atoms with van der Waals surface area (Å²) in [6, 6.07) is 0. The molecule has 0 aliphatic rings. The minimum atomic E-state index is -1.44. The van der Waals surface area contributed by atoms with Crippen molar-refractivity contribution in [1.82, 2.24) is 0 Å². The van der Waals surface area contributed by atoms with Crippen LogP contribution in [0.1, 0.15) is 0 Å². The van der Waals surface area contributed by atoms with Gasteiger partial charge >= 0.3 is 42.3 Å². The Hall–Kier alpha value is 0.439. The van der Waals surface area contributed by atoms with E-state index >= 15 is 0 Å². The maximum absolute atomic E-state index is 8.41. The van der Waals surface area contributed by atoms with Gasteiger partial charge in [0, 0.05) is 0 Å². The van der Waals surface area contributed by atoms with E-state index in [2.05, 4.69) is 0 Å². The third-order valence-electron chi connectivity index (χ3n) is 0. The summed E-state index contributed by atoms with van der Waals surface area (Å²) in [6.07, 6.45) is 0. The summed E-state index contributed by atoms with van der Waals surface area (Å²) < 4.78 is 24.9. The van der Waals surface area contributed by atoms with Crippen molar-refractivity contribution in [2.24, 2.45) is 0 Å². The van der Waals surface area contributed by atoms with Gasteiger partial charge < -0.3 is 0 Å². The predicted molar refractivity (Wildman–Crippen MR) is 2.06 cm³/mol. The molecular weight excluding hydrogens is 158 g/mol. The molecule has 0 unspecified atom stereocenters. The second-order valence-corrected chi connectivity index (χ2v) is 0.260. The fourth-order valence-corrected chi connectivity index (χ4v) is 0. The van der Waals surface area contributed by atoms with E-state index < -0.39 is 14.8 Å². The van der Waals surface area contributed by atoms with Crippen LogP contribution >= 0.6 is 0 Å². The molecule has 0 aromatic heterocycles. The van der Waals surface area contributed by atoms with Gasteiger partial charge in [0.1, 0.15) is 0 Å². The Labute approximate surface area is 42.7 Å². The Balaban J connectivity index is 0. The van der Waals surface area contributed by atoms with Crippen LogP contribution in [0.4, 0.5) is 0 Å². The third-order valence-corrected chi connectivity index (χ3v) is 0. The molecule has 0 fully saturated rings. The van der Waals surface area contributed by atoms with Crippen LogP contribution in [-0.4, -0.2) is 0 Å². The minimum absolute atomic E-state index is 1.44. The fraction of sp³-hybridized carbons (Fsp3) is 0. The SMILES string of the molecule is [O]=[Mn].[O]=[Mn]=[O]. The van der Waals surface area contributed by atoms with Gasteiger partial charge in [0.15, 0.2) is 0 Å². The van der Waals surface area contributed by atoms with Crippen molar-refractivity contribution in [3.8, 4) is 0 Å². The van der Waals surface area contributed by atoms with Gasteiger partial charge in [-0.1, -0.05) is 0 Å². The monoisotopic (exact) mass is 158 g/mol. The molecule has 0 bridgehead atoms. The molecule has 0 aromatic rings. The van der Waals surface area contributed by atoms with Crippen LogP contribution in [0.2, 0.25) is 0 Å². The molecule has 0 saturated heterocycles. The molecule has 3 nitrogen and oxygen atoms in total. The molecule has 0 radical (unpaired) electrons. The van der Waals surface area contributed by atoms with Crippen molar-refractivity contribution in [1.29, 1.82) is 0 Å². The average Bonchev–Trinajstić information content (AvgIpc) is 1.46. The zero-order valence-corrected chi connectivity index (χ0v) is 4.34. The topological polar surface area (TPSA) is 51.2 Å². The molecule has 0 heterocycles. The zero-order chi connectivity index (χ0) is 4.71. The third kappa shape index (κ3) is 137. The van der Waals surface area contributed by atoms with Gasteiger partial charge in [-0.2, -0.15) is 0 Å². The first-order chi connectivity index (χ1) is 2.41. The summed E-state index contributed by atoms with van der Waals surface area (Å²) in [5, 5.41) is 0. The van der Waals surface area contributed by atoms with Crippen molar-refractivity contribution < 1.29 is 42.3 Å². The van der Waals surface area contributed by atoms with Crippen molar-refractivity contribution in [2.75, 3.05) is 0 Å². The van der Waals surface area contributed by atoms with Crippen LogP contribution in [0.15, 0.2) is 0 Å². The molecular formula is Mn2O3. The van der Waals surface area contributed by atoms with Gasteiger partial charge in [-0.05, 0) is 0 Å². The molecule has 0 saturated carbocycles. The van der Waals surface area contributed by atoms with E-state index in [1.807, 2.05) is 0 Å². The van der Waals surface area contributed by atoms with Crippen LogP contribution in [0.5, 0.6) is 0 Å². The number of hydrogen-bond acceptors (Lipinski definition) is 3. The first kappa shape index (κ1) is 9.06. The van der Waals surface area contributed by atoms with E-state index in [4.69, 9.17) is 11.5 Å². The normalized spacial score (nSPS) is 3.20. The summed E-state index contributed by atoms with van der Waals surface area (Å²) in [5.41, 5.74) is 0. The van der Waals surface area contributed by atoms with Crippen LogP contribution in [0.3, 0.4) is 0 Å². The fourth-order valence-electron chi connectivity index (χ4n) is 0. The van der Waals surface area contributed by atoms with Crippen LogP contribution < -0.4 is 0 Å². The summed E-state index contributed by atoms with van der Waals surface area (Å²) in [7, 11) is 0. The standard InChI is InChI=1S/2Mn.3O. The van der Waals surface area contributed by atoms with Gasteiger partial charge in [-0.15, -0.1) is 0 Å². The molecule has 0 N–H and O–H groups in total. The molecule has 5 heteroatoms. The Morgan fingerprint density at radius 1 is 1.20 bits per heavy atom. The van der Waals surface area contributed by atoms with E-state index in [0.29, 0.717) is 0 Å². The molecule has 32 valence electrons. The second kappa shape index (κ2) is 25.4. The van der Waals surface area contributed by atoms with Crippen molar-refractivity contribution in [2.45, 2.75) is 0 Å². The van der Waals surface area contributed by atoms with Crippen molar-refractivity contribution in [3.63, 3.8) is 0 Å². The first-order valence-electron chi connectivity index (χ1n) is 0.463. The van der Waals surface area contributed by atoms with E-state index in [0.717, 1.165) is 0 Å². The quantitative estimate of drug-likeness (QED) is 0.452. The summed E-state index contributed by atoms with van der Waals surface area (Å²) in [5.74, 6) is 0. The van der Waals surface area contributed by atoms with Gasteiger partial charge in [-0.25, -0.2) is 0 Å². The van der Waals surface area contributed by atoms with E-state index in [9.17, 15) is 0 Å². The molecule has 0 aromatic carbocycles.